The van der Waals surface area contributed by atoms with Gasteiger partial charge in [-0.05, 0) is 48.7 Å². The second-order valence-electron chi connectivity index (χ2n) is 4.82. The summed E-state index contributed by atoms with van der Waals surface area (Å²) >= 11 is 1.73. The summed E-state index contributed by atoms with van der Waals surface area (Å²) in [5, 5.41) is 1.08. The second-order valence-corrected chi connectivity index (χ2v) is 5.85. The second kappa shape index (κ2) is 4.76. The summed E-state index contributed by atoms with van der Waals surface area (Å²) < 4.78 is 1.21. The van der Waals surface area contributed by atoms with Crippen LogP contribution in [-0.4, -0.2) is 4.98 Å². The lowest BCUT2D eigenvalue weighted by molar-refractivity contribution is 1.07. The lowest BCUT2D eigenvalue weighted by Crippen LogP contribution is -1.94. The molecule has 19 heavy (non-hydrogen) atoms. The summed E-state index contributed by atoms with van der Waals surface area (Å²) in [5.74, 6) is 0. The number of benzene rings is 2. The fraction of sp³-hybridized carbons (Fsp3) is 0.188. The first-order valence-electron chi connectivity index (χ1n) is 6.34. The van der Waals surface area contributed by atoms with Crippen molar-refractivity contribution >= 4 is 21.6 Å². The number of fused-ring (bicyclic) bond motifs is 1. The van der Waals surface area contributed by atoms with Gasteiger partial charge in [0.25, 0.3) is 0 Å². The van der Waals surface area contributed by atoms with Crippen molar-refractivity contribution < 1.29 is 0 Å². The Bertz CT molecular complexity index is 744. The third-order valence-corrected chi connectivity index (χ3v) is 4.53. The molecule has 0 bridgehead atoms. The van der Waals surface area contributed by atoms with Gasteiger partial charge in [-0.15, -0.1) is 11.3 Å². The van der Waals surface area contributed by atoms with E-state index in [2.05, 4.69) is 50.2 Å². The first-order chi connectivity index (χ1) is 9.17. The van der Waals surface area contributed by atoms with Gasteiger partial charge in [-0.25, -0.2) is 4.98 Å². The van der Waals surface area contributed by atoms with Gasteiger partial charge >= 0.3 is 0 Å². The van der Waals surface area contributed by atoms with E-state index < -0.39 is 0 Å². The van der Waals surface area contributed by atoms with Crippen LogP contribution < -0.4 is 5.73 Å². The van der Waals surface area contributed by atoms with Gasteiger partial charge in [-0.2, -0.15) is 0 Å². The minimum absolute atomic E-state index is 0.562. The van der Waals surface area contributed by atoms with E-state index in [1.807, 2.05) is 0 Å². The minimum atomic E-state index is 0.562. The maximum atomic E-state index is 5.67. The SMILES string of the molecule is Cc1ccc(-c2nc3cc(CN)ccc3s2)cc1C. The Morgan fingerprint density at radius 3 is 2.63 bits per heavy atom. The molecule has 0 fully saturated rings. The van der Waals surface area contributed by atoms with E-state index in [-0.39, 0.29) is 0 Å². The molecule has 0 unspecified atom stereocenters. The number of nitrogens with two attached hydrogens (primary N) is 1. The Balaban J connectivity index is 2.11. The predicted octanol–water partition coefficient (Wildman–Crippen LogP) is 4.04. The Hall–Kier alpha value is -1.71. The molecule has 2 aromatic carbocycles. The molecule has 0 aliphatic rings. The van der Waals surface area contributed by atoms with Crippen LogP contribution in [0.3, 0.4) is 0 Å². The van der Waals surface area contributed by atoms with E-state index in [0.717, 1.165) is 16.1 Å². The molecule has 0 atom stereocenters. The molecular weight excluding hydrogens is 252 g/mol. The number of thiazole rings is 1. The average molecular weight is 268 g/mol. The van der Waals surface area contributed by atoms with Crippen molar-refractivity contribution in [1.29, 1.82) is 0 Å². The van der Waals surface area contributed by atoms with E-state index in [1.54, 1.807) is 11.3 Å². The number of aromatic nitrogens is 1. The number of rotatable bonds is 2. The molecule has 1 heterocycles. The minimum Gasteiger partial charge on any atom is -0.326 e. The summed E-state index contributed by atoms with van der Waals surface area (Å²) in [6.45, 7) is 4.83. The van der Waals surface area contributed by atoms with Gasteiger partial charge in [-0.1, -0.05) is 18.2 Å². The lowest BCUT2D eigenvalue weighted by atomic mass is 10.1. The van der Waals surface area contributed by atoms with Crippen molar-refractivity contribution in [2.24, 2.45) is 5.73 Å². The molecule has 0 saturated carbocycles. The van der Waals surface area contributed by atoms with E-state index in [4.69, 9.17) is 10.7 Å². The van der Waals surface area contributed by atoms with Crippen LogP contribution in [0.15, 0.2) is 36.4 Å². The third kappa shape index (κ3) is 2.27. The van der Waals surface area contributed by atoms with Crippen molar-refractivity contribution in [3.8, 4) is 10.6 Å². The van der Waals surface area contributed by atoms with Crippen molar-refractivity contribution in [3.63, 3.8) is 0 Å². The highest BCUT2D eigenvalue weighted by Gasteiger charge is 2.07. The largest absolute Gasteiger partial charge is 0.326 e. The van der Waals surface area contributed by atoms with E-state index >= 15 is 0 Å². The van der Waals surface area contributed by atoms with Crippen LogP contribution in [0.25, 0.3) is 20.8 Å². The van der Waals surface area contributed by atoms with Crippen molar-refractivity contribution in [2.45, 2.75) is 20.4 Å². The van der Waals surface area contributed by atoms with Crippen LogP contribution in [-0.2, 0) is 6.54 Å². The summed E-state index contributed by atoms with van der Waals surface area (Å²) in [6.07, 6.45) is 0. The number of hydrogen-bond donors (Lipinski definition) is 1. The van der Waals surface area contributed by atoms with Gasteiger partial charge in [0, 0.05) is 12.1 Å². The van der Waals surface area contributed by atoms with Gasteiger partial charge in [0.2, 0.25) is 0 Å². The number of nitrogens with zero attached hydrogens (tertiary/aromatic N) is 1. The van der Waals surface area contributed by atoms with Gasteiger partial charge in [0.15, 0.2) is 0 Å². The zero-order chi connectivity index (χ0) is 13.4. The van der Waals surface area contributed by atoms with E-state index in [9.17, 15) is 0 Å². The van der Waals surface area contributed by atoms with Crippen LogP contribution >= 0.6 is 11.3 Å². The molecular formula is C16H16N2S. The highest BCUT2D eigenvalue weighted by Crippen LogP contribution is 2.31. The van der Waals surface area contributed by atoms with Gasteiger partial charge < -0.3 is 5.73 Å². The fourth-order valence-corrected chi connectivity index (χ4v) is 3.04. The maximum absolute atomic E-state index is 5.67. The third-order valence-electron chi connectivity index (χ3n) is 3.44. The molecule has 3 heteroatoms. The van der Waals surface area contributed by atoms with Crippen LogP contribution in [0, 0.1) is 13.8 Å². The van der Waals surface area contributed by atoms with E-state index in [0.29, 0.717) is 6.54 Å². The van der Waals surface area contributed by atoms with Crippen LogP contribution in [0.2, 0.25) is 0 Å². The molecule has 0 aliphatic heterocycles. The van der Waals surface area contributed by atoms with Crippen LogP contribution in [0.4, 0.5) is 0 Å². The number of aryl methyl sites for hydroxylation is 2. The molecule has 0 aliphatic carbocycles. The van der Waals surface area contributed by atoms with Crippen LogP contribution in [0.5, 0.6) is 0 Å². The van der Waals surface area contributed by atoms with Crippen molar-refractivity contribution in [1.82, 2.24) is 4.98 Å². The molecule has 0 saturated heterocycles. The summed E-state index contributed by atoms with van der Waals surface area (Å²) in [7, 11) is 0. The Morgan fingerprint density at radius 2 is 1.89 bits per heavy atom. The molecule has 0 spiro atoms. The number of hydrogen-bond acceptors (Lipinski definition) is 3. The highest BCUT2D eigenvalue weighted by atomic mass is 32.1. The normalized spacial score (nSPS) is 11.1. The first-order valence-corrected chi connectivity index (χ1v) is 7.16. The predicted molar refractivity (Wildman–Crippen MR) is 82.4 cm³/mol. The average Bonchev–Trinajstić information content (AvgIpc) is 2.84. The van der Waals surface area contributed by atoms with Crippen LogP contribution in [0.1, 0.15) is 16.7 Å². The maximum Gasteiger partial charge on any atom is 0.124 e. The van der Waals surface area contributed by atoms with Gasteiger partial charge in [-0.3, -0.25) is 0 Å². The zero-order valence-corrected chi connectivity index (χ0v) is 11.9. The Labute approximate surface area is 116 Å². The molecule has 3 aromatic rings. The molecule has 3 rings (SSSR count). The zero-order valence-electron chi connectivity index (χ0n) is 11.1. The molecule has 96 valence electrons. The molecule has 2 nitrogen and oxygen atoms in total. The molecule has 1 aromatic heterocycles. The van der Waals surface area contributed by atoms with Gasteiger partial charge in [0.1, 0.15) is 5.01 Å². The Morgan fingerprint density at radius 1 is 1.05 bits per heavy atom. The fourth-order valence-electron chi connectivity index (χ4n) is 2.10. The lowest BCUT2D eigenvalue weighted by Gasteiger charge is -2.01. The quantitative estimate of drug-likeness (QED) is 0.762. The summed E-state index contributed by atoms with van der Waals surface area (Å²) in [4.78, 5) is 4.73. The molecule has 2 N–H and O–H groups in total. The van der Waals surface area contributed by atoms with E-state index in [1.165, 1.54) is 21.4 Å². The van der Waals surface area contributed by atoms with Crippen molar-refractivity contribution in [2.75, 3.05) is 0 Å². The summed E-state index contributed by atoms with van der Waals surface area (Å²) in [6, 6.07) is 12.8. The molecule has 0 amide bonds. The monoisotopic (exact) mass is 268 g/mol. The topological polar surface area (TPSA) is 38.9 Å². The molecule has 0 radical (unpaired) electrons. The van der Waals surface area contributed by atoms with Gasteiger partial charge in [0.05, 0.1) is 10.2 Å². The summed E-state index contributed by atoms with van der Waals surface area (Å²) in [5.41, 5.74) is 11.7. The first kappa shape index (κ1) is 12.3. The standard InChI is InChI=1S/C16H16N2S/c1-10-3-5-13(7-11(10)2)16-18-14-8-12(9-17)4-6-15(14)19-16/h3-8H,9,17H2,1-2H3. The Kier molecular flexibility index (Phi) is 3.09. The smallest absolute Gasteiger partial charge is 0.124 e. The van der Waals surface area contributed by atoms with Crippen molar-refractivity contribution in [3.05, 3.63) is 53.1 Å². The highest BCUT2D eigenvalue weighted by molar-refractivity contribution is 7.21.